The van der Waals surface area contributed by atoms with Gasteiger partial charge in [0.05, 0.1) is 32.6 Å². The summed E-state index contributed by atoms with van der Waals surface area (Å²) in [6.07, 6.45) is -1.07. The number of pyridine rings is 2. The molecule has 0 bridgehead atoms. The summed E-state index contributed by atoms with van der Waals surface area (Å²) in [5.41, 5.74) is -4.44. The van der Waals surface area contributed by atoms with E-state index in [1.165, 1.54) is 30.5 Å². The second-order valence-electron chi connectivity index (χ2n) is 11.4. The van der Waals surface area contributed by atoms with E-state index >= 15 is 4.39 Å². The van der Waals surface area contributed by atoms with Crippen LogP contribution in [-0.4, -0.2) is 69.7 Å². The summed E-state index contributed by atoms with van der Waals surface area (Å²) in [5.74, 6) is -1.50. The Hall–Kier alpha value is -4.37. The van der Waals surface area contributed by atoms with Crippen molar-refractivity contribution in [2.75, 3.05) is 24.5 Å². The van der Waals surface area contributed by atoms with E-state index in [1.807, 2.05) is 0 Å². The number of benzene rings is 1. The second kappa shape index (κ2) is 12.0. The highest BCUT2D eigenvalue weighted by Crippen LogP contribution is 2.42. The highest BCUT2D eigenvalue weighted by atomic mass is 35.5. The van der Waals surface area contributed by atoms with Crippen molar-refractivity contribution < 1.29 is 30.8 Å². The number of anilines is 1. The molecule has 1 atom stereocenters. The molecule has 0 N–H and O–H groups in total. The smallest absolute Gasteiger partial charge is 0.350 e. The fraction of sp³-hybridized carbons (Fsp3) is 0.323. The van der Waals surface area contributed by atoms with Crippen molar-refractivity contribution in [3.05, 3.63) is 82.1 Å². The minimum atomic E-state index is -4.99. The molecule has 1 aliphatic heterocycles. The molecule has 4 heterocycles. The van der Waals surface area contributed by atoms with Gasteiger partial charge >= 0.3 is 11.9 Å². The van der Waals surface area contributed by atoms with E-state index in [0.29, 0.717) is 25.3 Å². The van der Waals surface area contributed by atoms with Crippen LogP contribution in [0, 0.1) is 5.82 Å². The zero-order chi connectivity index (χ0) is 33.8. The molecule has 1 aromatic carbocycles. The minimum absolute atomic E-state index is 0.0530. The van der Waals surface area contributed by atoms with Crippen molar-refractivity contribution in [2.24, 2.45) is 0 Å². The number of fused-ring (bicyclic) bond motifs is 1. The van der Waals surface area contributed by atoms with Crippen LogP contribution in [0.15, 0.2) is 65.1 Å². The Balaban J connectivity index is 1.66. The Kier molecular flexibility index (Phi) is 8.32. The van der Waals surface area contributed by atoms with Gasteiger partial charge in [0.1, 0.15) is 11.6 Å². The first-order valence-corrected chi connectivity index (χ1v) is 16.5. The van der Waals surface area contributed by atoms with Gasteiger partial charge in [0.15, 0.2) is 10.7 Å². The van der Waals surface area contributed by atoms with Crippen molar-refractivity contribution in [3.63, 3.8) is 0 Å². The highest BCUT2D eigenvalue weighted by molar-refractivity contribution is 7.92. The van der Waals surface area contributed by atoms with Gasteiger partial charge in [0.2, 0.25) is 15.7 Å². The van der Waals surface area contributed by atoms with E-state index in [2.05, 4.69) is 21.5 Å². The van der Waals surface area contributed by atoms with Gasteiger partial charge in [-0.1, -0.05) is 30.7 Å². The number of alkyl halides is 3. The van der Waals surface area contributed by atoms with Gasteiger partial charge in [0, 0.05) is 37.4 Å². The molecule has 4 aromatic rings. The SMILES string of the molecule is C=CC(=O)N1CCN(c2nc(=O)n(-c3cccnc3S(=O)(=O)C3CCC3)c3nc(-c4c(F)cccc4C(F)(F)F)c(Cl)cc23)[C@@H](C)C1. The minimum Gasteiger partial charge on any atom is -0.350 e. The maximum Gasteiger partial charge on any atom is 0.417 e. The molecule has 2 aliphatic rings. The quantitative estimate of drug-likeness (QED) is 0.200. The Morgan fingerprint density at radius 1 is 1.13 bits per heavy atom. The predicted molar refractivity (Wildman–Crippen MR) is 167 cm³/mol. The lowest BCUT2D eigenvalue weighted by atomic mass is 10.0. The van der Waals surface area contributed by atoms with Crippen molar-refractivity contribution in [2.45, 2.75) is 48.7 Å². The van der Waals surface area contributed by atoms with Crippen LogP contribution in [0.25, 0.3) is 28.0 Å². The summed E-state index contributed by atoms with van der Waals surface area (Å²) in [6.45, 7) is 5.96. The molecule has 16 heteroatoms. The Morgan fingerprint density at radius 3 is 2.51 bits per heavy atom. The fourth-order valence-corrected chi connectivity index (χ4v) is 8.10. The van der Waals surface area contributed by atoms with E-state index in [0.717, 1.165) is 16.7 Å². The molecular formula is C31H27ClF4N6O4S. The fourth-order valence-electron chi connectivity index (χ4n) is 5.93. The van der Waals surface area contributed by atoms with E-state index < -0.39 is 60.7 Å². The van der Waals surface area contributed by atoms with E-state index in [-0.39, 0.29) is 53.1 Å². The van der Waals surface area contributed by atoms with Crippen LogP contribution in [0.3, 0.4) is 0 Å². The number of halogens is 5. The van der Waals surface area contributed by atoms with Crippen molar-refractivity contribution >= 4 is 44.2 Å². The third-order valence-corrected chi connectivity index (χ3v) is 11.0. The topological polar surface area (TPSA) is 118 Å². The Labute approximate surface area is 271 Å². The number of aromatic nitrogens is 4. The number of carbonyl (C=O) groups excluding carboxylic acids is 1. The van der Waals surface area contributed by atoms with Gasteiger partial charge < -0.3 is 9.80 Å². The van der Waals surface area contributed by atoms with Crippen molar-refractivity contribution in [1.82, 2.24) is 24.4 Å². The molecule has 246 valence electrons. The number of amides is 1. The first-order chi connectivity index (χ1) is 22.2. The maximum atomic E-state index is 15.2. The lowest BCUT2D eigenvalue weighted by Crippen LogP contribution is -2.54. The van der Waals surface area contributed by atoms with Crippen LogP contribution in [0.4, 0.5) is 23.4 Å². The summed E-state index contributed by atoms with van der Waals surface area (Å²) >= 11 is 6.57. The van der Waals surface area contributed by atoms with Crippen LogP contribution < -0.4 is 10.6 Å². The molecule has 1 saturated carbocycles. The standard InChI is InChI=1S/C31H27ClF4N6O4S/c1-3-24(43)40-13-14-41(17(2)16-40)27-19-15-21(32)26(25-20(31(34,35)36)9-5-10-22(25)33)38-28(19)42(30(44)39-27)23-11-6-12-37-29(23)47(45,46)18-7-4-8-18/h3,5-6,9-12,15,17-18H,1,4,7-8,13-14,16H2,2H3/t17-/m0/s1. The van der Waals surface area contributed by atoms with Crippen LogP contribution in [0.5, 0.6) is 0 Å². The summed E-state index contributed by atoms with van der Waals surface area (Å²) in [4.78, 5) is 42.3. The van der Waals surface area contributed by atoms with E-state index in [1.54, 1.807) is 16.7 Å². The molecule has 2 fully saturated rings. The summed E-state index contributed by atoms with van der Waals surface area (Å²) in [6, 6.07) is 5.95. The molecule has 1 aliphatic carbocycles. The number of hydrogen-bond donors (Lipinski definition) is 0. The van der Waals surface area contributed by atoms with E-state index in [9.17, 15) is 31.2 Å². The average molecular weight is 691 g/mol. The molecule has 6 rings (SSSR count). The van der Waals surface area contributed by atoms with Crippen LogP contribution >= 0.6 is 11.6 Å². The summed E-state index contributed by atoms with van der Waals surface area (Å²) < 4.78 is 85.6. The average Bonchev–Trinajstić information content (AvgIpc) is 2.99. The highest BCUT2D eigenvalue weighted by Gasteiger charge is 2.38. The third kappa shape index (κ3) is 5.64. The lowest BCUT2D eigenvalue weighted by molar-refractivity contribution is -0.137. The largest absolute Gasteiger partial charge is 0.417 e. The van der Waals surface area contributed by atoms with Gasteiger partial charge in [-0.3, -0.25) is 4.79 Å². The molecule has 0 radical (unpaired) electrons. The van der Waals surface area contributed by atoms with Gasteiger partial charge in [-0.2, -0.15) is 18.2 Å². The van der Waals surface area contributed by atoms with Gasteiger partial charge in [-0.25, -0.2) is 32.1 Å². The predicted octanol–water partition coefficient (Wildman–Crippen LogP) is 5.20. The number of piperazine rings is 1. The molecule has 47 heavy (non-hydrogen) atoms. The Morgan fingerprint density at radius 2 is 1.87 bits per heavy atom. The monoisotopic (exact) mass is 690 g/mol. The molecule has 10 nitrogen and oxygen atoms in total. The molecular weight excluding hydrogens is 664 g/mol. The number of hydrogen-bond acceptors (Lipinski definition) is 8. The molecule has 0 unspecified atom stereocenters. The molecule has 1 amide bonds. The number of sulfone groups is 1. The molecule has 1 saturated heterocycles. The van der Waals surface area contributed by atoms with Crippen molar-refractivity contribution in [3.8, 4) is 16.9 Å². The Bertz CT molecular complexity index is 2100. The van der Waals surface area contributed by atoms with Gasteiger partial charge in [-0.15, -0.1) is 0 Å². The maximum absolute atomic E-state index is 15.2. The summed E-state index contributed by atoms with van der Waals surface area (Å²) in [7, 11) is -4.04. The first kappa shape index (κ1) is 32.6. The van der Waals surface area contributed by atoms with Crippen molar-refractivity contribution in [1.29, 1.82) is 0 Å². The molecule has 3 aromatic heterocycles. The van der Waals surface area contributed by atoms with Gasteiger partial charge in [0.25, 0.3) is 0 Å². The zero-order valence-electron chi connectivity index (χ0n) is 24.8. The second-order valence-corrected chi connectivity index (χ2v) is 13.9. The lowest BCUT2D eigenvalue weighted by Gasteiger charge is -2.40. The third-order valence-electron chi connectivity index (χ3n) is 8.50. The van der Waals surface area contributed by atoms with Gasteiger partial charge in [-0.05, 0) is 56.2 Å². The van der Waals surface area contributed by atoms with Crippen LogP contribution in [-0.2, 0) is 20.8 Å². The summed E-state index contributed by atoms with van der Waals surface area (Å²) in [5, 5.41) is -1.45. The van der Waals surface area contributed by atoms with Crippen LogP contribution in [0.1, 0.15) is 31.7 Å². The number of rotatable bonds is 6. The van der Waals surface area contributed by atoms with Crippen LogP contribution in [0.2, 0.25) is 5.02 Å². The van der Waals surface area contributed by atoms with E-state index in [4.69, 9.17) is 11.6 Å². The normalized spacial score (nSPS) is 17.5. The zero-order valence-corrected chi connectivity index (χ0v) is 26.4. The molecule has 0 spiro atoms. The first-order valence-electron chi connectivity index (χ1n) is 14.6. The number of nitrogens with zero attached hydrogens (tertiary/aromatic N) is 6. The number of carbonyl (C=O) groups is 1.